The van der Waals surface area contributed by atoms with E-state index >= 15 is 0 Å². The molecule has 2 aromatic rings. The highest BCUT2D eigenvalue weighted by Crippen LogP contribution is 2.24. The second-order valence-electron chi connectivity index (χ2n) is 4.35. The normalized spacial score (nSPS) is 10.4. The summed E-state index contributed by atoms with van der Waals surface area (Å²) in [4.78, 5) is 11.7. The Balaban J connectivity index is 2.16. The van der Waals surface area contributed by atoms with Crippen LogP contribution < -0.4 is 14.8 Å². The largest absolute Gasteiger partial charge is 0.488 e. The molecular weight excluding hydrogens is 292 g/mol. The van der Waals surface area contributed by atoms with Gasteiger partial charge in [0.05, 0.1) is 5.56 Å². The fourth-order valence-electron chi connectivity index (χ4n) is 1.90. The molecule has 4 nitrogen and oxygen atoms in total. The van der Waals surface area contributed by atoms with Crippen LogP contribution in [0.2, 0.25) is 0 Å². The average Bonchev–Trinajstić information content (AvgIpc) is 2.53. The third-order valence-electron chi connectivity index (χ3n) is 2.93. The van der Waals surface area contributed by atoms with E-state index in [1.807, 2.05) is 0 Å². The second-order valence-corrected chi connectivity index (χ2v) is 4.35. The van der Waals surface area contributed by atoms with E-state index in [-0.39, 0.29) is 18.3 Å². The Morgan fingerprint density at radius 2 is 1.73 bits per heavy atom. The first-order valence-electron chi connectivity index (χ1n) is 6.58. The van der Waals surface area contributed by atoms with Gasteiger partial charge in [-0.2, -0.15) is 8.78 Å². The Bertz CT molecular complexity index is 647. The van der Waals surface area contributed by atoms with Gasteiger partial charge in [-0.3, -0.25) is 4.79 Å². The number of para-hydroxylation sites is 2. The van der Waals surface area contributed by atoms with Crippen molar-refractivity contribution in [3.63, 3.8) is 0 Å². The minimum Gasteiger partial charge on any atom is -0.488 e. The quantitative estimate of drug-likeness (QED) is 0.891. The molecule has 0 unspecified atom stereocenters. The molecule has 6 heteroatoms. The Kier molecular flexibility index (Phi) is 5.30. The zero-order valence-electron chi connectivity index (χ0n) is 11.9. The highest BCUT2D eigenvalue weighted by molar-refractivity contribution is 5.96. The predicted octanol–water partition coefficient (Wildman–Crippen LogP) is 3.23. The molecular formula is C16H15F2NO3. The molecule has 0 bridgehead atoms. The molecule has 0 radical (unpaired) electrons. The summed E-state index contributed by atoms with van der Waals surface area (Å²) in [7, 11) is 1.52. The minimum atomic E-state index is -2.90. The number of benzene rings is 2. The molecule has 0 heterocycles. The van der Waals surface area contributed by atoms with E-state index in [1.54, 1.807) is 42.5 Å². The van der Waals surface area contributed by atoms with Crippen molar-refractivity contribution < 1.29 is 23.0 Å². The highest BCUT2D eigenvalue weighted by Gasteiger charge is 2.13. The number of hydrogen-bond acceptors (Lipinski definition) is 3. The number of hydrogen-bond donors (Lipinski definition) is 1. The lowest BCUT2D eigenvalue weighted by Crippen LogP contribution is -2.18. The van der Waals surface area contributed by atoms with E-state index in [4.69, 9.17) is 4.74 Å². The van der Waals surface area contributed by atoms with E-state index in [0.717, 1.165) is 0 Å². The summed E-state index contributed by atoms with van der Waals surface area (Å²) in [6, 6.07) is 13.1. The van der Waals surface area contributed by atoms with Crippen molar-refractivity contribution in [2.45, 2.75) is 13.2 Å². The molecule has 2 rings (SSSR count). The van der Waals surface area contributed by atoms with Crippen molar-refractivity contribution in [3.05, 3.63) is 59.7 Å². The van der Waals surface area contributed by atoms with Gasteiger partial charge in [0.1, 0.15) is 18.1 Å². The fraction of sp³-hybridized carbons (Fsp3) is 0.188. The Hall–Kier alpha value is -2.63. The van der Waals surface area contributed by atoms with Crippen LogP contribution in [0.15, 0.2) is 48.5 Å². The van der Waals surface area contributed by atoms with Gasteiger partial charge >= 0.3 is 6.61 Å². The lowest BCUT2D eigenvalue weighted by molar-refractivity contribution is -0.0508. The molecule has 2 aromatic carbocycles. The predicted molar refractivity (Wildman–Crippen MR) is 77.2 cm³/mol. The maximum absolute atomic E-state index is 12.4. The third-order valence-corrected chi connectivity index (χ3v) is 2.93. The van der Waals surface area contributed by atoms with Crippen LogP contribution in [0.4, 0.5) is 8.78 Å². The van der Waals surface area contributed by atoms with Gasteiger partial charge in [-0.25, -0.2) is 0 Å². The average molecular weight is 307 g/mol. The third kappa shape index (κ3) is 3.94. The standard InChI is InChI=1S/C16H15F2NO3/c1-19-15(20)12-7-3-5-9-14(12)21-10-11-6-2-4-8-13(11)22-16(17)18/h2-9,16H,10H2,1H3,(H,19,20). The number of ether oxygens (including phenoxy) is 2. The minimum absolute atomic E-state index is 0.0108. The molecule has 0 aliphatic heterocycles. The van der Waals surface area contributed by atoms with Crippen molar-refractivity contribution in [3.8, 4) is 11.5 Å². The van der Waals surface area contributed by atoms with Gasteiger partial charge in [0.15, 0.2) is 0 Å². The topological polar surface area (TPSA) is 47.6 Å². The van der Waals surface area contributed by atoms with Crippen molar-refractivity contribution in [1.29, 1.82) is 0 Å². The van der Waals surface area contributed by atoms with Crippen LogP contribution in [-0.4, -0.2) is 19.6 Å². The van der Waals surface area contributed by atoms with Gasteiger partial charge in [-0.15, -0.1) is 0 Å². The van der Waals surface area contributed by atoms with Crippen LogP contribution in [-0.2, 0) is 6.61 Å². The van der Waals surface area contributed by atoms with E-state index < -0.39 is 6.61 Å². The highest BCUT2D eigenvalue weighted by atomic mass is 19.3. The molecule has 1 amide bonds. The maximum atomic E-state index is 12.4. The molecule has 0 spiro atoms. The number of carbonyl (C=O) groups is 1. The fourth-order valence-corrected chi connectivity index (χ4v) is 1.90. The van der Waals surface area contributed by atoms with Crippen molar-refractivity contribution >= 4 is 5.91 Å². The summed E-state index contributed by atoms with van der Waals surface area (Å²) < 4.78 is 34.7. The zero-order valence-corrected chi connectivity index (χ0v) is 11.9. The lowest BCUT2D eigenvalue weighted by atomic mass is 10.2. The van der Waals surface area contributed by atoms with Crippen molar-refractivity contribution in [2.75, 3.05) is 7.05 Å². The summed E-state index contributed by atoms with van der Waals surface area (Å²) in [6.45, 7) is -2.89. The Morgan fingerprint density at radius 3 is 2.41 bits per heavy atom. The summed E-state index contributed by atoms with van der Waals surface area (Å²) in [5.74, 6) is 0.135. The second kappa shape index (κ2) is 7.40. The molecule has 22 heavy (non-hydrogen) atoms. The monoisotopic (exact) mass is 307 g/mol. The van der Waals surface area contributed by atoms with E-state index in [2.05, 4.69) is 10.1 Å². The van der Waals surface area contributed by atoms with Crippen LogP contribution in [0.1, 0.15) is 15.9 Å². The summed E-state index contributed by atoms with van der Waals surface area (Å²) in [5, 5.41) is 2.51. The molecule has 116 valence electrons. The number of halogens is 2. The smallest absolute Gasteiger partial charge is 0.387 e. The number of nitrogens with one attached hydrogen (secondary N) is 1. The SMILES string of the molecule is CNC(=O)c1ccccc1OCc1ccccc1OC(F)F. The first kappa shape index (κ1) is 15.8. The first-order chi connectivity index (χ1) is 10.6. The number of alkyl halides is 2. The maximum Gasteiger partial charge on any atom is 0.387 e. The van der Waals surface area contributed by atoms with Crippen molar-refractivity contribution in [2.24, 2.45) is 0 Å². The first-order valence-corrected chi connectivity index (χ1v) is 6.58. The molecule has 0 aliphatic rings. The van der Waals surface area contributed by atoms with Gasteiger partial charge in [0.25, 0.3) is 5.91 Å². The molecule has 0 saturated heterocycles. The molecule has 0 saturated carbocycles. The molecule has 0 fully saturated rings. The van der Waals surface area contributed by atoms with Crippen LogP contribution >= 0.6 is 0 Å². The van der Waals surface area contributed by atoms with Gasteiger partial charge in [-0.1, -0.05) is 30.3 Å². The van der Waals surface area contributed by atoms with Crippen molar-refractivity contribution in [1.82, 2.24) is 5.32 Å². The molecule has 1 N–H and O–H groups in total. The van der Waals surface area contributed by atoms with Gasteiger partial charge in [0.2, 0.25) is 0 Å². The number of rotatable bonds is 6. The lowest BCUT2D eigenvalue weighted by Gasteiger charge is -2.13. The summed E-state index contributed by atoms with van der Waals surface area (Å²) in [5.41, 5.74) is 0.840. The van der Waals surface area contributed by atoms with Gasteiger partial charge in [0, 0.05) is 12.6 Å². The number of carbonyl (C=O) groups excluding carboxylic acids is 1. The van der Waals surface area contributed by atoms with E-state index in [9.17, 15) is 13.6 Å². The molecule has 0 aliphatic carbocycles. The van der Waals surface area contributed by atoms with E-state index in [0.29, 0.717) is 16.9 Å². The van der Waals surface area contributed by atoms with Gasteiger partial charge < -0.3 is 14.8 Å². The molecule has 0 aromatic heterocycles. The summed E-state index contributed by atoms with van der Waals surface area (Å²) in [6.07, 6.45) is 0. The van der Waals surface area contributed by atoms with Gasteiger partial charge in [-0.05, 0) is 18.2 Å². The Labute approximate surface area is 126 Å². The summed E-state index contributed by atoms with van der Waals surface area (Å²) >= 11 is 0. The van der Waals surface area contributed by atoms with Crippen LogP contribution in [0, 0.1) is 0 Å². The number of amides is 1. The van der Waals surface area contributed by atoms with Crippen LogP contribution in [0.25, 0.3) is 0 Å². The molecule has 0 atom stereocenters. The van der Waals surface area contributed by atoms with Crippen LogP contribution in [0.3, 0.4) is 0 Å². The van der Waals surface area contributed by atoms with Crippen LogP contribution in [0.5, 0.6) is 11.5 Å². The zero-order chi connectivity index (χ0) is 15.9. The Morgan fingerprint density at radius 1 is 1.09 bits per heavy atom. The van der Waals surface area contributed by atoms with E-state index in [1.165, 1.54) is 13.1 Å².